The molecule has 2 aromatic heterocycles. The fourth-order valence-corrected chi connectivity index (χ4v) is 5.39. The van der Waals surface area contributed by atoms with E-state index in [1.807, 2.05) is 66.4 Å². The minimum atomic E-state index is -0.337. The van der Waals surface area contributed by atoms with Crippen molar-refractivity contribution >= 4 is 46.6 Å². The SMILES string of the molecule is Cc1ccc(-n2nc(C(C)(C)C)cc2NC(=O)Nc2ccc(CC3CCN(C(=O)c4cnc(Cl)c(Cl)c4)CC3)cc2)cc1. The van der Waals surface area contributed by atoms with E-state index in [1.54, 1.807) is 10.7 Å². The summed E-state index contributed by atoms with van der Waals surface area (Å²) in [6.45, 7) is 9.68. The van der Waals surface area contributed by atoms with Gasteiger partial charge in [-0.2, -0.15) is 5.10 Å². The van der Waals surface area contributed by atoms with Crippen molar-refractivity contribution in [3.05, 3.63) is 99.4 Å². The van der Waals surface area contributed by atoms with Crippen molar-refractivity contribution in [3.8, 4) is 5.69 Å². The molecule has 0 atom stereocenters. The molecule has 0 aliphatic carbocycles. The lowest BCUT2D eigenvalue weighted by molar-refractivity contribution is 0.0690. The summed E-state index contributed by atoms with van der Waals surface area (Å²) in [5, 5.41) is 11.2. The van der Waals surface area contributed by atoms with Crippen molar-refractivity contribution in [2.24, 2.45) is 5.92 Å². The number of amides is 3. The molecule has 0 bridgehead atoms. The van der Waals surface area contributed by atoms with Gasteiger partial charge in [-0.25, -0.2) is 14.5 Å². The van der Waals surface area contributed by atoms with Gasteiger partial charge in [-0.3, -0.25) is 10.1 Å². The molecule has 224 valence electrons. The maximum Gasteiger partial charge on any atom is 0.324 e. The Bertz CT molecular complexity index is 1600. The predicted molar refractivity (Wildman–Crippen MR) is 173 cm³/mol. The van der Waals surface area contributed by atoms with Gasteiger partial charge in [0.1, 0.15) is 11.0 Å². The number of hydrogen-bond acceptors (Lipinski definition) is 4. The summed E-state index contributed by atoms with van der Waals surface area (Å²) in [7, 11) is 0. The van der Waals surface area contributed by atoms with Crippen LogP contribution in [0.2, 0.25) is 10.2 Å². The van der Waals surface area contributed by atoms with E-state index in [0.717, 1.165) is 36.2 Å². The Morgan fingerprint density at radius 3 is 2.26 bits per heavy atom. The molecule has 1 fully saturated rings. The fourth-order valence-electron chi connectivity index (χ4n) is 5.12. The molecule has 3 heterocycles. The Labute approximate surface area is 262 Å². The number of nitrogens with one attached hydrogen (secondary N) is 2. The van der Waals surface area contributed by atoms with E-state index in [-0.39, 0.29) is 27.5 Å². The van der Waals surface area contributed by atoms with E-state index >= 15 is 0 Å². The molecule has 4 aromatic rings. The molecule has 1 aliphatic heterocycles. The van der Waals surface area contributed by atoms with Gasteiger partial charge in [0.15, 0.2) is 0 Å². The van der Waals surface area contributed by atoms with E-state index in [2.05, 4.69) is 36.4 Å². The second kappa shape index (κ2) is 12.8. The van der Waals surface area contributed by atoms with Gasteiger partial charge < -0.3 is 10.2 Å². The predicted octanol–water partition coefficient (Wildman–Crippen LogP) is 7.92. The van der Waals surface area contributed by atoms with Crippen LogP contribution in [-0.4, -0.2) is 44.7 Å². The van der Waals surface area contributed by atoms with Crippen LogP contribution in [0.4, 0.5) is 16.3 Å². The number of anilines is 2. The van der Waals surface area contributed by atoms with Crippen molar-refractivity contribution in [2.75, 3.05) is 23.7 Å². The van der Waals surface area contributed by atoms with Crippen LogP contribution < -0.4 is 10.6 Å². The second-order valence-corrected chi connectivity index (χ2v) is 12.9. The molecule has 2 aromatic carbocycles. The quantitative estimate of drug-likeness (QED) is 0.215. The van der Waals surface area contributed by atoms with Crippen LogP contribution in [0, 0.1) is 12.8 Å². The Morgan fingerprint density at radius 2 is 1.63 bits per heavy atom. The van der Waals surface area contributed by atoms with Gasteiger partial charge in [0.2, 0.25) is 0 Å². The van der Waals surface area contributed by atoms with E-state index in [1.165, 1.54) is 11.8 Å². The number of nitrogens with zero attached hydrogens (tertiary/aromatic N) is 4. The molecule has 43 heavy (non-hydrogen) atoms. The third kappa shape index (κ3) is 7.56. The molecular formula is C33H36Cl2N6O2. The molecule has 0 unspecified atom stereocenters. The number of aromatic nitrogens is 3. The zero-order chi connectivity index (χ0) is 30.7. The molecule has 8 nitrogen and oxygen atoms in total. The number of rotatable bonds is 6. The first-order chi connectivity index (χ1) is 20.5. The normalized spacial score (nSPS) is 14.0. The zero-order valence-electron chi connectivity index (χ0n) is 24.8. The van der Waals surface area contributed by atoms with E-state index < -0.39 is 0 Å². The van der Waals surface area contributed by atoms with Gasteiger partial charge in [0.05, 0.1) is 22.0 Å². The highest BCUT2D eigenvalue weighted by atomic mass is 35.5. The molecule has 0 saturated carbocycles. The minimum absolute atomic E-state index is 0.0743. The highest BCUT2D eigenvalue weighted by molar-refractivity contribution is 6.41. The van der Waals surface area contributed by atoms with E-state index in [0.29, 0.717) is 36.1 Å². The summed E-state index contributed by atoms with van der Waals surface area (Å²) < 4.78 is 1.77. The summed E-state index contributed by atoms with van der Waals surface area (Å²) in [5.74, 6) is 0.995. The lowest BCUT2D eigenvalue weighted by Gasteiger charge is -2.32. The standard InChI is InChI=1S/C33H36Cl2N6O2/c1-21-5-11-26(12-6-21)41-29(19-28(39-41)33(2,3)4)38-32(43)37-25-9-7-22(8-10-25)17-23-13-15-40(16-14-23)31(42)24-18-27(34)30(35)36-20-24/h5-12,18-20,23H,13-17H2,1-4H3,(H2,37,38,43). The van der Waals surface area contributed by atoms with Gasteiger partial charge >= 0.3 is 6.03 Å². The molecule has 2 N–H and O–H groups in total. The van der Waals surface area contributed by atoms with Crippen LogP contribution >= 0.6 is 23.2 Å². The number of carbonyl (C=O) groups excluding carboxylic acids is 2. The number of benzene rings is 2. The first-order valence-electron chi connectivity index (χ1n) is 14.4. The van der Waals surface area contributed by atoms with Gasteiger partial charge in [-0.05, 0) is 68.0 Å². The average Bonchev–Trinajstić information content (AvgIpc) is 3.40. The van der Waals surface area contributed by atoms with E-state index in [4.69, 9.17) is 28.3 Å². The maximum absolute atomic E-state index is 13.0. The molecule has 10 heteroatoms. The van der Waals surface area contributed by atoms with Gasteiger partial charge in [-0.1, -0.05) is 73.8 Å². The Balaban J connectivity index is 1.16. The van der Waals surface area contributed by atoms with Crippen molar-refractivity contribution in [2.45, 2.75) is 52.4 Å². The summed E-state index contributed by atoms with van der Waals surface area (Å²) in [6, 6.07) is 19.1. The van der Waals surface area contributed by atoms with Crippen LogP contribution in [-0.2, 0) is 11.8 Å². The number of urea groups is 1. The van der Waals surface area contributed by atoms with Gasteiger partial charge in [-0.15, -0.1) is 0 Å². The highest BCUT2D eigenvalue weighted by Gasteiger charge is 2.25. The Kier molecular flexibility index (Phi) is 9.08. The monoisotopic (exact) mass is 618 g/mol. The molecule has 1 saturated heterocycles. The zero-order valence-corrected chi connectivity index (χ0v) is 26.3. The highest BCUT2D eigenvalue weighted by Crippen LogP contribution is 2.28. The number of halogens is 2. The number of piperidine rings is 1. The van der Waals surface area contributed by atoms with Crippen LogP contribution in [0.1, 0.15) is 60.8 Å². The van der Waals surface area contributed by atoms with Crippen molar-refractivity contribution in [1.29, 1.82) is 0 Å². The lowest BCUT2D eigenvalue weighted by atomic mass is 9.90. The average molecular weight is 620 g/mol. The Hall–Kier alpha value is -3.88. The second-order valence-electron chi connectivity index (χ2n) is 12.1. The molecule has 3 amide bonds. The van der Waals surface area contributed by atoms with Gasteiger partial charge in [0.25, 0.3) is 5.91 Å². The molecule has 0 spiro atoms. The first kappa shape index (κ1) is 30.6. The van der Waals surface area contributed by atoms with Gasteiger partial charge in [0, 0.05) is 36.5 Å². The summed E-state index contributed by atoms with van der Waals surface area (Å²) in [5.41, 5.74) is 5.09. The summed E-state index contributed by atoms with van der Waals surface area (Å²) in [4.78, 5) is 31.7. The van der Waals surface area contributed by atoms with Crippen LogP contribution in [0.5, 0.6) is 0 Å². The third-order valence-electron chi connectivity index (χ3n) is 7.68. The topological polar surface area (TPSA) is 92.2 Å². The fraction of sp³-hybridized carbons (Fsp3) is 0.333. The van der Waals surface area contributed by atoms with Crippen LogP contribution in [0.3, 0.4) is 0 Å². The van der Waals surface area contributed by atoms with Crippen LogP contribution in [0.25, 0.3) is 5.69 Å². The lowest BCUT2D eigenvalue weighted by Crippen LogP contribution is -2.39. The third-order valence-corrected chi connectivity index (χ3v) is 8.37. The van der Waals surface area contributed by atoms with Crippen molar-refractivity contribution < 1.29 is 9.59 Å². The molecule has 1 aliphatic rings. The number of likely N-dealkylation sites (tertiary alicyclic amines) is 1. The minimum Gasteiger partial charge on any atom is -0.339 e. The number of carbonyl (C=O) groups is 2. The smallest absolute Gasteiger partial charge is 0.324 e. The van der Waals surface area contributed by atoms with E-state index in [9.17, 15) is 9.59 Å². The number of aryl methyl sites for hydroxylation is 1. The maximum atomic E-state index is 13.0. The number of pyridine rings is 1. The number of hydrogen-bond donors (Lipinski definition) is 2. The Morgan fingerprint density at radius 1 is 0.953 bits per heavy atom. The van der Waals surface area contributed by atoms with Crippen molar-refractivity contribution in [1.82, 2.24) is 19.7 Å². The summed E-state index contributed by atoms with van der Waals surface area (Å²) >= 11 is 11.9. The molecule has 0 radical (unpaired) electrons. The molecule has 5 rings (SSSR count). The van der Waals surface area contributed by atoms with Crippen LogP contribution in [0.15, 0.2) is 66.9 Å². The largest absolute Gasteiger partial charge is 0.339 e. The molecular weight excluding hydrogens is 583 g/mol. The van der Waals surface area contributed by atoms with Crippen molar-refractivity contribution in [3.63, 3.8) is 0 Å². The first-order valence-corrected chi connectivity index (χ1v) is 15.2. The summed E-state index contributed by atoms with van der Waals surface area (Å²) in [6.07, 6.45) is 4.20.